The van der Waals surface area contributed by atoms with E-state index < -0.39 is 0 Å². The molecule has 2 aromatic rings. The van der Waals surface area contributed by atoms with E-state index in [1.54, 1.807) is 17.0 Å². The molecule has 4 rings (SSSR count). The van der Waals surface area contributed by atoms with Crippen LogP contribution in [0.1, 0.15) is 56.1 Å². The number of nitriles is 1. The fraction of sp³-hybridized carbons (Fsp3) is 0.565. The predicted octanol–water partition coefficient (Wildman–Crippen LogP) is 2.80. The first-order valence-corrected chi connectivity index (χ1v) is 10.7. The topological polar surface area (TPSA) is 84.0 Å². The molecule has 0 N–H and O–H groups in total. The van der Waals surface area contributed by atoms with Crippen molar-refractivity contribution in [1.29, 1.82) is 5.26 Å². The number of pyridine rings is 1. The van der Waals surface area contributed by atoms with Crippen LogP contribution in [0.15, 0.2) is 23.3 Å². The van der Waals surface area contributed by atoms with Crippen LogP contribution in [-0.4, -0.2) is 34.2 Å². The van der Waals surface area contributed by atoms with Crippen LogP contribution in [0.4, 0.5) is 5.82 Å². The SMILES string of the molecule is CC(C)(C)c1cc(=O)n(CC2CCN(c3nc4c(cc3C#N)COCC4)CC2)cn1. The van der Waals surface area contributed by atoms with E-state index in [4.69, 9.17) is 9.72 Å². The van der Waals surface area contributed by atoms with Gasteiger partial charge in [0.2, 0.25) is 0 Å². The molecule has 1 saturated heterocycles. The van der Waals surface area contributed by atoms with E-state index in [0.717, 1.165) is 55.1 Å². The zero-order chi connectivity index (χ0) is 21.3. The Hall–Kier alpha value is -2.72. The Morgan fingerprint density at radius 1 is 1.27 bits per heavy atom. The van der Waals surface area contributed by atoms with Crippen molar-refractivity contribution in [3.8, 4) is 6.07 Å². The quantitative estimate of drug-likeness (QED) is 0.778. The average Bonchev–Trinajstić information content (AvgIpc) is 2.74. The maximum Gasteiger partial charge on any atom is 0.253 e. The molecule has 2 aliphatic rings. The molecular formula is C23H29N5O2. The second-order valence-corrected chi connectivity index (χ2v) is 9.32. The molecule has 7 heteroatoms. The lowest BCUT2D eigenvalue weighted by Gasteiger charge is -2.34. The standard InChI is InChI=1S/C23H29N5O2/c1-23(2,3)20-11-21(29)28(15-25-20)13-16-4-7-27(8-5-16)22-17(12-24)10-18-14-30-9-6-19(18)26-22/h10-11,15-16H,4-9,13-14H2,1-3H3. The van der Waals surface area contributed by atoms with Gasteiger partial charge in [0.05, 0.1) is 36.5 Å². The Bertz CT molecular complexity index is 1020. The molecule has 0 amide bonds. The van der Waals surface area contributed by atoms with E-state index in [2.05, 4.69) is 36.7 Å². The summed E-state index contributed by atoms with van der Waals surface area (Å²) in [5.74, 6) is 1.21. The number of rotatable bonds is 3. The highest BCUT2D eigenvalue weighted by molar-refractivity contribution is 5.56. The molecule has 2 aliphatic heterocycles. The summed E-state index contributed by atoms with van der Waals surface area (Å²) in [5, 5.41) is 9.61. The van der Waals surface area contributed by atoms with Crippen LogP contribution in [0.2, 0.25) is 0 Å². The highest BCUT2D eigenvalue weighted by Crippen LogP contribution is 2.28. The largest absolute Gasteiger partial charge is 0.376 e. The third-order valence-corrected chi connectivity index (χ3v) is 6.05. The van der Waals surface area contributed by atoms with E-state index in [1.807, 2.05) is 6.07 Å². The van der Waals surface area contributed by atoms with Gasteiger partial charge in [-0.05, 0) is 24.8 Å². The van der Waals surface area contributed by atoms with Crippen LogP contribution < -0.4 is 10.5 Å². The molecule has 1 fully saturated rings. The monoisotopic (exact) mass is 407 g/mol. The van der Waals surface area contributed by atoms with Gasteiger partial charge in [0.15, 0.2) is 0 Å². The summed E-state index contributed by atoms with van der Waals surface area (Å²) in [6, 6.07) is 5.90. The van der Waals surface area contributed by atoms with E-state index >= 15 is 0 Å². The van der Waals surface area contributed by atoms with Crippen LogP contribution in [-0.2, 0) is 29.7 Å². The third-order valence-electron chi connectivity index (χ3n) is 6.05. The van der Waals surface area contributed by atoms with Crippen molar-refractivity contribution in [3.05, 3.63) is 51.3 Å². The predicted molar refractivity (Wildman–Crippen MR) is 114 cm³/mol. The van der Waals surface area contributed by atoms with Gasteiger partial charge in [-0.1, -0.05) is 20.8 Å². The van der Waals surface area contributed by atoms with Crippen molar-refractivity contribution in [1.82, 2.24) is 14.5 Å². The van der Waals surface area contributed by atoms with E-state index in [1.165, 1.54) is 0 Å². The van der Waals surface area contributed by atoms with Crippen LogP contribution >= 0.6 is 0 Å². The first-order chi connectivity index (χ1) is 14.3. The summed E-state index contributed by atoms with van der Waals surface area (Å²) in [5.41, 5.74) is 3.41. The van der Waals surface area contributed by atoms with Crippen LogP contribution in [0, 0.1) is 17.2 Å². The molecule has 0 aromatic carbocycles. The second-order valence-electron chi connectivity index (χ2n) is 9.32. The number of piperidine rings is 1. The van der Waals surface area contributed by atoms with E-state index in [-0.39, 0.29) is 11.0 Å². The number of aromatic nitrogens is 3. The molecule has 0 unspecified atom stereocenters. The summed E-state index contributed by atoms with van der Waals surface area (Å²) in [4.78, 5) is 24.1. The fourth-order valence-corrected chi connectivity index (χ4v) is 4.18. The maximum absolute atomic E-state index is 12.5. The Morgan fingerprint density at radius 2 is 2.03 bits per heavy atom. The van der Waals surface area contributed by atoms with Crippen molar-refractivity contribution in [2.24, 2.45) is 5.92 Å². The molecule has 0 atom stereocenters. The lowest BCUT2D eigenvalue weighted by Crippen LogP contribution is -2.37. The molecule has 0 saturated carbocycles. The normalized spacial score (nSPS) is 17.5. The van der Waals surface area contributed by atoms with Crippen molar-refractivity contribution in [2.75, 3.05) is 24.6 Å². The van der Waals surface area contributed by atoms with Crippen LogP contribution in [0.25, 0.3) is 0 Å². The van der Waals surface area contributed by atoms with Gasteiger partial charge in [-0.15, -0.1) is 0 Å². The highest BCUT2D eigenvalue weighted by Gasteiger charge is 2.25. The lowest BCUT2D eigenvalue weighted by molar-refractivity contribution is 0.109. The molecule has 2 aromatic heterocycles. The fourth-order valence-electron chi connectivity index (χ4n) is 4.18. The summed E-state index contributed by atoms with van der Waals surface area (Å²) in [6.45, 7) is 9.77. The van der Waals surface area contributed by atoms with Gasteiger partial charge in [-0.3, -0.25) is 9.36 Å². The second kappa shape index (κ2) is 8.19. The molecule has 0 aliphatic carbocycles. The molecule has 30 heavy (non-hydrogen) atoms. The van der Waals surface area contributed by atoms with Crippen LogP contribution in [0.5, 0.6) is 0 Å². The molecule has 0 spiro atoms. The summed E-state index contributed by atoms with van der Waals surface area (Å²) >= 11 is 0. The molecular weight excluding hydrogens is 378 g/mol. The van der Waals surface area contributed by atoms with Gasteiger partial charge in [-0.2, -0.15) is 5.26 Å². The first kappa shape index (κ1) is 20.5. The number of hydrogen-bond donors (Lipinski definition) is 0. The Balaban J connectivity index is 1.44. The van der Waals surface area contributed by atoms with Gasteiger partial charge in [0.1, 0.15) is 11.9 Å². The van der Waals surface area contributed by atoms with Gasteiger partial charge in [0.25, 0.3) is 5.56 Å². The average molecular weight is 408 g/mol. The molecule has 158 valence electrons. The van der Waals surface area contributed by atoms with Crippen molar-refractivity contribution >= 4 is 5.82 Å². The highest BCUT2D eigenvalue weighted by atomic mass is 16.5. The van der Waals surface area contributed by atoms with Crippen LogP contribution in [0.3, 0.4) is 0 Å². The minimum atomic E-state index is -0.129. The number of fused-ring (bicyclic) bond motifs is 1. The minimum Gasteiger partial charge on any atom is -0.376 e. The van der Waals surface area contributed by atoms with Gasteiger partial charge in [0, 0.05) is 43.1 Å². The molecule has 4 heterocycles. The third kappa shape index (κ3) is 4.24. The lowest BCUT2D eigenvalue weighted by atomic mass is 9.92. The smallest absolute Gasteiger partial charge is 0.253 e. The van der Waals surface area contributed by atoms with E-state index in [0.29, 0.717) is 31.2 Å². The van der Waals surface area contributed by atoms with Gasteiger partial charge < -0.3 is 9.64 Å². The summed E-state index contributed by atoms with van der Waals surface area (Å²) in [7, 11) is 0. The zero-order valence-corrected chi connectivity index (χ0v) is 18.0. The van der Waals surface area contributed by atoms with Gasteiger partial charge >= 0.3 is 0 Å². The van der Waals surface area contributed by atoms with Gasteiger partial charge in [-0.25, -0.2) is 9.97 Å². The number of nitrogens with zero attached hydrogens (tertiary/aromatic N) is 5. The van der Waals surface area contributed by atoms with Crippen molar-refractivity contribution in [2.45, 2.75) is 58.6 Å². The Kier molecular flexibility index (Phi) is 5.61. The van der Waals surface area contributed by atoms with Crippen molar-refractivity contribution < 1.29 is 4.74 Å². The number of anilines is 1. The molecule has 7 nitrogen and oxygen atoms in total. The summed E-state index contributed by atoms with van der Waals surface area (Å²) < 4.78 is 7.22. The minimum absolute atomic E-state index is 0.0164. The maximum atomic E-state index is 12.5. The Morgan fingerprint density at radius 3 is 2.70 bits per heavy atom. The number of ether oxygens (including phenoxy) is 1. The molecule has 0 bridgehead atoms. The molecule has 0 radical (unpaired) electrons. The zero-order valence-electron chi connectivity index (χ0n) is 18.0. The Labute approximate surface area is 177 Å². The summed E-state index contributed by atoms with van der Waals surface area (Å²) in [6.07, 6.45) is 4.40. The van der Waals surface area contributed by atoms with Crippen molar-refractivity contribution in [3.63, 3.8) is 0 Å². The first-order valence-electron chi connectivity index (χ1n) is 10.7. The van der Waals surface area contributed by atoms with E-state index in [9.17, 15) is 10.1 Å². The number of hydrogen-bond acceptors (Lipinski definition) is 6.